The van der Waals surface area contributed by atoms with Gasteiger partial charge in [-0.2, -0.15) is 13.2 Å². The van der Waals surface area contributed by atoms with Crippen LogP contribution in [0, 0.1) is 0 Å². The van der Waals surface area contributed by atoms with E-state index >= 15 is 0 Å². The topological polar surface area (TPSA) is 90.0 Å². The Morgan fingerprint density at radius 2 is 1.62 bits per heavy atom. The number of nitrogens with zero attached hydrogens (tertiary/aromatic N) is 2. The molecule has 0 spiro atoms. The zero-order valence-corrected chi connectivity index (χ0v) is 25.6. The second-order valence-electron chi connectivity index (χ2n) is 10.9. The number of hydrogen-bond donors (Lipinski definition) is 1. The van der Waals surface area contributed by atoms with Crippen molar-refractivity contribution in [3.63, 3.8) is 0 Å². The monoisotopic (exact) mass is 637 g/mol. The maximum absolute atomic E-state index is 13.4. The summed E-state index contributed by atoms with van der Waals surface area (Å²) in [6.07, 6.45) is -5.93. The van der Waals surface area contributed by atoms with Gasteiger partial charge in [-0.15, -0.1) is 0 Å². The van der Waals surface area contributed by atoms with Crippen LogP contribution in [0.4, 0.5) is 27.9 Å². The highest BCUT2D eigenvalue weighted by Crippen LogP contribution is 2.34. The van der Waals surface area contributed by atoms with E-state index in [1.165, 1.54) is 35.5 Å². The lowest BCUT2D eigenvalue weighted by molar-refractivity contribution is -0.137. The van der Waals surface area contributed by atoms with E-state index in [4.69, 9.17) is 14.2 Å². The zero-order valence-electron chi connectivity index (χ0n) is 23.2. The van der Waals surface area contributed by atoms with Gasteiger partial charge in [0.2, 0.25) is 0 Å². The number of methoxy groups -OCH3 is 1. The van der Waals surface area contributed by atoms with E-state index in [1.807, 2.05) is 0 Å². The van der Waals surface area contributed by atoms with Gasteiger partial charge in [-0.1, -0.05) is 30.4 Å². The number of ether oxygens (including phenoxy) is 3. The van der Waals surface area contributed by atoms with Gasteiger partial charge in [0.15, 0.2) is 5.13 Å². The van der Waals surface area contributed by atoms with Crippen molar-refractivity contribution in [2.24, 2.45) is 0 Å². The van der Waals surface area contributed by atoms with Crippen LogP contribution in [0.3, 0.4) is 0 Å². The number of carbonyl (C=O) groups excluding carboxylic acids is 2. The maximum atomic E-state index is 13.4. The van der Waals surface area contributed by atoms with Crippen molar-refractivity contribution in [2.75, 3.05) is 18.6 Å². The zero-order chi connectivity index (χ0) is 29.8. The number of halogens is 4. The average molecular weight is 639 g/mol. The number of anilines is 1. The van der Waals surface area contributed by atoms with Crippen LogP contribution in [0.5, 0.6) is 0 Å². The fourth-order valence-electron chi connectivity index (χ4n) is 3.40. The van der Waals surface area contributed by atoms with E-state index in [0.717, 1.165) is 12.1 Å². The molecule has 2 rings (SSSR count). The SMILES string of the molecule is COCc1nc(N(CC(NC(=O)OC(C)(C)C)[C@@H](C)c2ccc(C(F)(F)F)cc2)C(=O)OC(C)(C)C)sc1Br. The van der Waals surface area contributed by atoms with Crippen molar-refractivity contribution in [1.82, 2.24) is 10.3 Å². The number of nitrogens with one attached hydrogen (secondary N) is 1. The number of aromatic nitrogens is 1. The van der Waals surface area contributed by atoms with E-state index < -0.39 is 47.1 Å². The number of alkyl carbamates (subject to hydrolysis) is 1. The van der Waals surface area contributed by atoms with E-state index in [0.29, 0.717) is 20.2 Å². The van der Waals surface area contributed by atoms with E-state index in [2.05, 4.69) is 26.2 Å². The molecule has 1 N–H and O–H groups in total. The van der Waals surface area contributed by atoms with Gasteiger partial charge in [0.25, 0.3) is 0 Å². The molecule has 2 aromatic rings. The summed E-state index contributed by atoms with van der Waals surface area (Å²) in [4.78, 5) is 32.0. The molecule has 8 nitrogen and oxygen atoms in total. The Labute approximate surface area is 239 Å². The van der Waals surface area contributed by atoms with E-state index in [1.54, 1.807) is 48.5 Å². The Morgan fingerprint density at radius 1 is 1.05 bits per heavy atom. The Hall–Kier alpha value is -2.38. The van der Waals surface area contributed by atoms with Crippen molar-refractivity contribution >= 4 is 44.6 Å². The fourth-order valence-corrected chi connectivity index (χ4v) is 4.84. The highest BCUT2D eigenvalue weighted by molar-refractivity contribution is 9.11. The number of amides is 2. The Bertz CT molecular complexity index is 1130. The lowest BCUT2D eigenvalue weighted by Crippen LogP contribution is -2.50. The highest BCUT2D eigenvalue weighted by Gasteiger charge is 2.34. The minimum absolute atomic E-state index is 0.108. The summed E-state index contributed by atoms with van der Waals surface area (Å²) in [5.74, 6) is -0.536. The number of carbonyl (C=O) groups is 2. The molecule has 0 radical (unpaired) electrons. The summed E-state index contributed by atoms with van der Waals surface area (Å²) >= 11 is 4.62. The average Bonchev–Trinajstić information content (AvgIpc) is 3.13. The Morgan fingerprint density at radius 3 is 2.10 bits per heavy atom. The molecular weight excluding hydrogens is 603 g/mol. The predicted octanol–water partition coefficient (Wildman–Crippen LogP) is 7.51. The first kappa shape index (κ1) is 32.8. The molecule has 2 atom stereocenters. The Kier molecular flexibility index (Phi) is 10.8. The molecular formula is C26H35BrF3N3O5S. The van der Waals surface area contributed by atoms with Gasteiger partial charge in [0.05, 0.1) is 34.2 Å². The van der Waals surface area contributed by atoms with Crippen molar-refractivity contribution in [1.29, 1.82) is 0 Å². The molecule has 218 valence electrons. The first-order chi connectivity index (χ1) is 17.8. The highest BCUT2D eigenvalue weighted by atomic mass is 79.9. The van der Waals surface area contributed by atoms with Crippen LogP contribution in [-0.4, -0.2) is 48.1 Å². The first-order valence-corrected chi connectivity index (χ1v) is 13.7. The lowest BCUT2D eigenvalue weighted by Gasteiger charge is -2.32. The van der Waals surface area contributed by atoms with Crippen molar-refractivity contribution in [3.05, 3.63) is 44.9 Å². The van der Waals surface area contributed by atoms with Crippen LogP contribution in [0.25, 0.3) is 0 Å². The van der Waals surface area contributed by atoms with Crippen molar-refractivity contribution in [3.8, 4) is 0 Å². The second-order valence-corrected chi connectivity index (χ2v) is 13.2. The van der Waals surface area contributed by atoms with Crippen LogP contribution < -0.4 is 10.2 Å². The molecule has 1 unspecified atom stereocenters. The number of alkyl halides is 3. The molecule has 0 aliphatic rings. The quantitative estimate of drug-likeness (QED) is 0.322. The van der Waals surface area contributed by atoms with Gasteiger partial charge in [-0.05, 0) is 75.2 Å². The molecule has 13 heteroatoms. The molecule has 0 saturated heterocycles. The lowest BCUT2D eigenvalue weighted by atomic mass is 9.92. The third-order valence-electron chi connectivity index (χ3n) is 5.21. The molecule has 1 aromatic carbocycles. The van der Waals surface area contributed by atoms with Crippen LogP contribution >= 0.6 is 27.3 Å². The number of thiazole rings is 1. The number of rotatable bonds is 8. The van der Waals surface area contributed by atoms with E-state index in [-0.39, 0.29) is 13.2 Å². The second kappa shape index (κ2) is 12.9. The molecule has 1 heterocycles. The summed E-state index contributed by atoms with van der Waals surface area (Å²) in [5, 5.41) is 3.08. The molecule has 0 bridgehead atoms. The van der Waals surface area contributed by atoms with Crippen LogP contribution in [-0.2, 0) is 27.0 Å². The molecule has 39 heavy (non-hydrogen) atoms. The minimum Gasteiger partial charge on any atom is -0.444 e. The first-order valence-electron chi connectivity index (χ1n) is 12.1. The van der Waals surface area contributed by atoms with Crippen LogP contribution in [0.1, 0.15) is 71.2 Å². The number of hydrogen-bond acceptors (Lipinski definition) is 7. The normalized spacial score (nSPS) is 13.9. The summed E-state index contributed by atoms with van der Waals surface area (Å²) in [6, 6.07) is 3.88. The van der Waals surface area contributed by atoms with Crippen molar-refractivity contribution in [2.45, 2.75) is 84.4 Å². The predicted molar refractivity (Wildman–Crippen MR) is 147 cm³/mol. The maximum Gasteiger partial charge on any atom is 0.416 e. The van der Waals surface area contributed by atoms with Crippen molar-refractivity contribution < 1.29 is 37.0 Å². The summed E-state index contributed by atoms with van der Waals surface area (Å²) in [7, 11) is 1.52. The molecule has 0 fully saturated rings. The van der Waals surface area contributed by atoms with Gasteiger partial charge in [-0.3, -0.25) is 4.90 Å². The molecule has 0 saturated carbocycles. The molecule has 0 aliphatic heterocycles. The molecule has 1 aromatic heterocycles. The van der Waals surface area contributed by atoms with Gasteiger partial charge < -0.3 is 19.5 Å². The Balaban J connectivity index is 2.50. The minimum atomic E-state index is -4.48. The molecule has 2 amide bonds. The summed E-state index contributed by atoms with van der Waals surface area (Å²) < 4.78 is 56.3. The number of benzene rings is 1. The summed E-state index contributed by atoms with van der Waals surface area (Å²) in [6.45, 7) is 12.1. The van der Waals surface area contributed by atoms with Crippen LogP contribution in [0.2, 0.25) is 0 Å². The molecule has 0 aliphatic carbocycles. The largest absolute Gasteiger partial charge is 0.444 e. The van der Waals surface area contributed by atoms with E-state index in [9.17, 15) is 22.8 Å². The van der Waals surface area contributed by atoms with Gasteiger partial charge in [0, 0.05) is 13.0 Å². The van der Waals surface area contributed by atoms with Gasteiger partial charge in [0.1, 0.15) is 11.2 Å². The van der Waals surface area contributed by atoms with Gasteiger partial charge in [-0.25, -0.2) is 14.6 Å². The smallest absolute Gasteiger partial charge is 0.416 e. The third kappa shape index (κ3) is 10.3. The summed E-state index contributed by atoms with van der Waals surface area (Å²) in [5.41, 5.74) is -1.32. The van der Waals surface area contributed by atoms with Crippen LogP contribution in [0.15, 0.2) is 28.1 Å². The third-order valence-corrected chi connectivity index (χ3v) is 7.07. The fraction of sp³-hybridized carbons (Fsp3) is 0.577. The standard InChI is InChI=1S/C26H35BrF3N3O5S/c1-15(16-9-11-17(12-10-16)26(28,29)30)18(32-22(34)37-24(2,3)4)13-33(23(35)38-25(5,6)7)21-31-19(14-36-8)20(27)39-21/h9-12,15,18H,13-14H2,1-8H3,(H,32,34)/t15-,18?/m0/s1. The van der Waals surface area contributed by atoms with Gasteiger partial charge >= 0.3 is 18.4 Å².